The van der Waals surface area contributed by atoms with Gasteiger partial charge in [-0.3, -0.25) is 20.0 Å². The number of aromatic amines is 2. The molecule has 1 amide bonds. The molecule has 3 heterocycles. The summed E-state index contributed by atoms with van der Waals surface area (Å²) in [5, 5.41) is 19.5. The van der Waals surface area contributed by atoms with Crippen LogP contribution in [0.3, 0.4) is 0 Å². The van der Waals surface area contributed by atoms with E-state index in [0.717, 1.165) is 33.5 Å². The number of methoxy groups -OCH3 is 1. The van der Waals surface area contributed by atoms with Crippen LogP contribution in [-0.4, -0.2) is 44.6 Å². The lowest BCUT2D eigenvalue weighted by Gasteiger charge is -2.26. The third-order valence-electron chi connectivity index (χ3n) is 6.04. The SMILES string of the molecule is COc1ccc2[nH]cc(CCN3C(=O)c4n[nH]c(C)c4C3c3cccc([N+](=O)[O-])c3)c2c1. The lowest BCUT2D eigenvalue weighted by Crippen LogP contribution is -2.31. The van der Waals surface area contributed by atoms with Crippen molar-refractivity contribution in [1.82, 2.24) is 20.1 Å². The number of fused-ring (bicyclic) bond motifs is 2. The first-order valence-corrected chi connectivity index (χ1v) is 10.2. The average molecular weight is 431 g/mol. The molecule has 2 aromatic carbocycles. The molecule has 5 rings (SSSR count). The monoisotopic (exact) mass is 431 g/mol. The highest BCUT2D eigenvalue weighted by Gasteiger charge is 2.41. The lowest BCUT2D eigenvalue weighted by molar-refractivity contribution is -0.384. The normalized spacial score (nSPS) is 15.4. The van der Waals surface area contributed by atoms with Crippen molar-refractivity contribution in [2.45, 2.75) is 19.4 Å². The Labute approximate surface area is 183 Å². The molecular weight excluding hydrogens is 410 g/mol. The minimum Gasteiger partial charge on any atom is -0.497 e. The molecule has 32 heavy (non-hydrogen) atoms. The van der Waals surface area contributed by atoms with E-state index in [2.05, 4.69) is 15.2 Å². The summed E-state index contributed by atoms with van der Waals surface area (Å²) in [6.07, 6.45) is 2.55. The van der Waals surface area contributed by atoms with Crippen LogP contribution in [0, 0.1) is 17.0 Å². The van der Waals surface area contributed by atoms with Crippen LogP contribution in [0.4, 0.5) is 5.69 Å². The zero-order valence-electron chi connectivity index (χ0n) is 17.6. The summed E-state index contributed by atoms with van der Waals surface area (Å²) in [5.41, 5.74) is 4.67. The maximum Gasteiger partial charge on any atom is 0.275 e. The molecule has 1 aliphatic heterocycles. The molecule has 9 heteroatoms. The smallest absolute Gasteiger partial charge is 0.275 e. The number of nitro groups is 1. The van der Waals surface area contributed by atoms with Gasteiger partial charge in [-0.2, -0.15) is 5.10 Å². The molecule has 0 saturated heterocycles. The molecule has 2 aromatic heterocycles. The second-order valence-corrected chi connectivity index (χ2v) is 7.84. The number of aromatic nitrogens is 3. The van der Waals surface area contributed by atoms with Gasteiger partial charge in [0.05, 0.1) is 18.1 Å². The van der Waals surface area contributed by atoms with Gasteiger partial charge in [-0.1, -0.05) is 12.1 Å². The van der Waals surface area contributed by atoms with Gasteiger partial charge in [0, 0.05) is 47.0 Å². The number of amides is 1. The second-order valence-electron chi connectivity index (χ2n) is 7.84. The van der Waals surface area contributed by atoms with Gasteiger partial charge < -0.3 is 14.6 Å². The van der Waals surface area contributed by atoms with Crippen LogP contribution < -0.4 is 4.74 Å². The molecule has 1 unspecified atom stereocenters. The summed E-state index contributed by atoms with van der Waals surface area (Å²) >= 11 is 0. The number of benzene rings is 2. The standard InChI is InChI=1S/C23H21N5O4/c1-13-20-21(26-25-13)23(29)27(22(20)14-4-3-5-16(10-14)28(30)31)9-8-15-12-24-19-7-6-17(32-2)11-18(15)19/h3-7,10-12,22,24H,8-9H2,1-2H3,(H,25,26). The molecule has 1 atom stereocenters. The molecule has 0 aliphatic carbocycles. The maximum absolute atomic E-state index is 13.2. The Morgan fingerprint density at radius 3 is 2.88 bits per heavy atom. The van der Waals surface area contributed by atoms with Gasteiger partial charge in [0.1, 0.15) is 5.75 Å². The summed E-state index contributed by atoms with van der Waals surface area (Å²) in [6.45, 7) is 2.30. The second kappa shape index (κ2) is 7.52. The van der Waals surface area contributed by atoms with Gasteiger partial charge in [0.25, 0.3) is 11.6 Å². The Morgan fingerprint density at radius 1 is 1.25 bits per heavy atom. The van der Waals surface area contributed by atoms with E-state index < -0.39 is 11.0 Å². The number of non-ortho nitro benzene ring substituents is 1. The van der Waals surface area contributed by atoms with Crippen LogP contribution in [0.15, 0.2) is 48.7 Å². The molecule has 0 radical (unpaired) electrons. The predicted molar refractivity (Wildman–Crippen MR) is 118 cm³/mol. The number of carbonyl (C=O) groups is 1. The van der Waals surface area contributed by atoms with Gasteiger partial charge in [-0.15, -0.1) is 0 Å². The minimum absolute atomic E-state index is 0.00628. The lowest BCUT2D eigenvalue weighted by atomic mass is 9.98. The number of ether oxygens (including phenoxy) is 1. The Morgan fingerprint density at radius 2 is 2.09 bits per heavy atom. The highest BCUT2D eigenvalue weighted by Crippen LogP contribution is 2.40. The number of hydrogen-bond acceptors (Lipinski definition) is 5. The summed E-state index contributed by atoms with van der Waals surface area (Å²) in [4.78, 5) is 29.1. The number of aryl methyl sites for hydroxylation is 1. The van der Waals surface area contributed by atoms with E-state index in [0.29, 0.717) is 24.2 Å². The molecule has 4 aromatic rings. The molecule has 9 nitrogen and oxygen atoms in total. The van der Waals surface area contributed by atoms with Gasteiger partial charge >= 0.3 is 0 Å². The van der Waals surface area contributed by atoms with E-state index in [1.165, 1.54) is 12.1 Å². The van der Waals surface area contributed by atoms with Crippen molar-refractivity contribution >= 4 is 22.5 Å². The van der Waals surface area contributed by atoms with E-state index in [-0.39, 0.29) is 11.6 Å². The van der Waals surface area contributed by atoms with E-state index in [1.54, 1.807) is 18.1 Å². The van der Waals surface area contributed by atoms with Crippen LogP contribution in [0.2, 0.25) is 0 Å². The Balaban J connectivity index is 1.50. The quantitative estimate of drug-likeness (QED) is 0.355. The van der Waals surface area contributed by atoms with Crippen molar-refractivity contribution in [2.24, 2.45) is 0 Å². The summed E-state index contributed by atoms with van der Waals surface area (Å²) in [5.74, 6) is 0.582. The van der Waals surface area contributed by atoms with Gasteiger partial charge in [-0.05, 0) is 42.7 Å². The Hall–Kier alpha value is -4.14. The summed E-state index contributed by atoms with van der Waals surface area (Å²) in [7, 11) is 1.63. The summed E-state index contributed by atoms with van der Waals surface area (Å²) < 4.78 is 5.35. The number of H-pyrrole nitrogens is 2. The fraction of sp³-hybridized carbons (Fsp3) is 0.217. The van der Waals surface area contributed by atoms with Crippen molar-refractivity contribution in [3.63, 3.8) is 0 Å². The van der Waals surface area contributed by atoms with Crippen molar-refractivity contribution in [1.29, 1.82) is 0 Å². The van der Waals surface area contributed by atoms with Crippen LogP contribution in [0.5, 0.6) is 5.75 Å². The van der Waals surface area contributed by atoms with Crippen molar-refractivity contribution in [3.05, 3.63) is 86.9 Å². The number of carbonyl (C=O) groups excluding carboxylic acids is 1. The topological polar surface area (TPSA) is 117 Å². The van der Waals surface area contributed by atoms with Crippen LogP contribution in [0.25, 0.3) is 10.9 Å². The molecule has 0 spiro atoms. The zero-order chi connectivity index (χ0) is 22.4. The third kappa shape index (κ3) is 3.09. The number of nitrogens with zero attached hydrogens (tertiary/aromatic N) is 3. The van der Waals surface area contributed by atoms with Crippen molar-refractivity contribution < 1.29 is 14.5 Å². The first kappa shape index (κ1) is 19.8. The Bertz CT molecular complexity index is 1360. The Kier molecular flexibility index (Phi) is 4.66. The van der Waals surface area contributed by atoms with Gasteiger partial charge in [0.2, 0.25) is 0 Å². The largest absolute Gasteiger partial charge is 0.497 e. The minimum atomic E-state index is -0.434. The predicted octanol–water partition coefficient (Wildman–Crippen LogP) is 3.90. The van der Waals surface area contributed by atoms with E-state index in [4.69, 9.17) is 4.74 Å². The number of hydrogen-bond donors (Lipinski definition) is 2. The molecule has 1 aliphatic rings. The van der Waals surface area contributed by atoms with E-state index >= 15 is 0 Å². The average Bonchev–Trinajstić information content (AvgIpc) is 3.46. The van der Waals surface area contributed by atoms with Crippen LogP contribution >= 0.6 is 0 Å². The van der Waals surface area contributed by atoms with Crippen molar-refractivity contribution in [3.8, 4) is 5.75 Å². The fourth-order valence-electron chi connectivity index (χ4n) is 4.46. The highest BCUT2D eigenvalue weighted by molar-refractivity contribution is 5.98. The van der Waals surface area contributed by atoms with Gasteiger partial charge in [0.15, 0.2) is 5.69 Å². The first-order chi connectivity index (χ1) is 15.5. The van der Waals surface area contributed by atoms with Gasteiger partial charge in [-0.25, -0.2) is 0 Å². The summed E-state index contributed by atoms with van der Waals surface area (Å²) in [6, 6.07) is 11.8. The highest BCUT2D eigenvalue weighted by atomic mass is 16.6. The van der Waals surface area contributed by atoms with E-state index in [9.17, 15) is 14.9 Å². The molecule has 0 bridgehead atoms. The van der Waals surface area contributed by atoms with Crippen LogP contribution in [-0.2, 0) is 6.42 Å². The number of nitrogens with one attached hydrogen (secondary N) is 2. The first-order valence-electron chi connectivity index (χ1n) is 10.2. The molecule has 2 N–H and O–H groups in total. The molecular formula is C23H21N5O4. The molecule has 0 fully saturated rings. The zero-order valence-corrected chi connectivity index (χ0v) is 17.6. The maximum atomic E-state index is 13.2. The number of nitro benzene ring substituents is 1. The third-order valence-corrected chi connectivity index (χ3v) is 6.04. The molecule has 0 saturated carbocycles. The fourth-order valence-corrected chi connectivity index (χ4v) is 4.46. The van der Waals surface area contributed by atoms with Crippen LogP contribution in [0.1, 0.15) is 38.9 Å². The van der Waals surface area contributed by atoms with Crippen molar-refractivity contribution in [2.75, 3.05) is 13.7 Å². The number of rotatable bonds is 6. The molecule has 162 valence electrons. The van der Waals surface area contributed by atoms with E-state index in [1.807, 2.05) is 37.4 Å².